The lowest BCUT2D eigenvalue weighted by molar-refractivity contribution is -0.0418. The maximum Gasteiger partial charge on any atom is 0.249 e. The summed E-state index contributed by atoms with van der Waals surface area (Å²) in [6, 6.07) is 14.7. The largest absolute Gasteiger partial charge is 0.476 e. The maximum atomic E-state index is 9.85. The third-order valence-corrected chi connectivity index (χ3v) is 3.29. The number of nitrogens with one attached hydrogen (secondary N) is 1. The molecule has 0 amide bonds. The minimum absolute atomic E-state index is 0.0193. The van der Waals surface area contributed by atoms with Crippen molar-refractivity contribution in [3.05, 3.63) is 80.6 Å². The summed E-state index contributed by atoms with van der Waals surface area (Å²) in [5.74, 6) is 0.0193. The zero-order valence-electron chi connectivity index (χ0n) is 10.8. The van der Waals surface area contributed by atoms with E-state index in [1.165, 1.54) is 0 Å². The van der Waals surface area contributed by atoms with Gasteiger partial charge in [0.15, 0.2) is 0 Å². The summed E-state index contributed by atoms with van der Waals surface area (Å²) < 4.78 is 0.996. The molecule has 0 aromatic heterocycles. The van der Waals surface area contributed by atoms with Gasteiger partial charge in [-0.3, -0.25) is 0 Å². The Kier molecular flexibility index (Phi) is 4.99. The van der Waals surface area contributed by atoms with Crippen LogP contribution in [-0.4, -0.2) is 15.8 Å². The fraction of sp³-hybridized carbons (Fsp3) is 0.0667. The lowest BCUT2D eigenvalue weighted by atomic mass is 10.1. The molecule has 104 valence electrons. The molecule has 3 N–H and O–H groups in total. The van der Waals surface area contributed by atoms with Crippen molar-refractivity contribution >= 4 is 28.4 Å². The Labute approximate surface area is 131 Å². The fourth-order valence-corrected chi connectivity index (χ4v) is 2.18. The Hall–Kier alpha value is -1.57. The summed E-state index contributed by atoms with van der Waals surface area (Å²) >= 11 is 2.15. The lowest BCUT2D eigenvalue weighted by Crippen LogP contribution is -2.10. The van der Waals surface area contributed by atoms with Crippen molar-refractivity contribution in [1.82, 2.24) is 0 Å². The average Bonchev–Trinajstić information content (AvgIpc) is 2.44. The van der Waals surface area contributed by atoms with Crippen molar-refractivity contribution < 1.29 is 9.94 Å². The minimum atomic E-state index is -0.194. The predicted octanol–water partition coefficient (Wildman–Crippen LogP) is 4.13. The molecule has 0 heterocycles. The molecule has 0 aliphatic rings. The number of aliphatic hydroxyl groups excluding tert-OH is 1. The predicted molar refractivity (Wildman–Crippen MR) is 86.6 cm³/mol. The molecule has 20 heavy (non-hydrogen) atoms. The molecule has 4 nitrogen and oxygen atoms in total. The van der Waals surface area contributed by atoms with Crippen LogP contribution in [0.5, 0.6) is 0 Å². The van der Waals surface area contributed by atoms with E-state index >= 15 is 0 Å². The number of hydrogen-bond donors (Lipinski definition) is 2. The molecule has 2 aromatic carbocycles. The van der Waals surface area contributed by atoms with E-state index in [1.54, 1.807) is 18.2 Å². The molecule has 0 atom stereocenters. The van der Waals surface area contributed by atoms with Gasteiger partial charge in [0.25, 0.3) is 0 Å². The molecule has 0 radical (unpaired) electrons. The van der Waals surface area contributed by atoms with Gasteiger partial charge in [-0.05, 0) is 16.1 Å². The number of benzene rings is 2. The van der Waals surface area contributed by atoms with Crippen molar-refractivity contribution in [3.63, 3.8) is 0 Å². The molecule has 0 fully saturated rings. The van der Waals surface area contributed by atoms with Gasteiger partial charge in [0.2, 0.25) is 6.29 Å². The van der Waals surface area contributed by atoms with E-state index in [2.05, 4.69) is 32.9 Å². The van der Waals surface area contributed by atoms with Crippen LogP contribution in [0, 0.1) is 22.2 Å². The number of halogens is 1. The SMILES string of the molecule is Cc1cccc(C(=N)[N-][OH+][C-](O)c2cccc(I)c2)c1. The highest BCUT2D eigenvalue weighted by atomic mass is 127. The zero-order valence-corrected chi connectivity index (χ0v) is 13.0. The molecule has 5 heteroatoms. The maximum absolute atomic E-state index is 9.85. The monoisotopic (exact) mass is 381 g/mol. The number of amidine groups is 1. The average molecular weight is 381 g/mol. The highest BCUT2D eigenvalue weighted by Crippen LogP contribution is 2.17. The first-order valence-electron chi connectivity index (χ1n) is 5.95. The normalized spacial score (nSPS) is 10.2. The Balaban J connectivity index is 1.96. The van der Waals surface area contributed by atoms with E-state index < -0.39 is 0 Å². The van der Waals surface area contributed by atoms with E-state index in [0.717, 1.165) is 9.13 Å². The van der Waals surface area contributed by atoms with Gasteiger partial charge in [-0.25, -0.2) is 0 Å². The number of aliphatic hydroxyl groups is 2. The van der Waals surface area contributed by atoms with Crippen LogP contribution in [0.3, 0.4) is 0 Å². The second-order valence-corrected chi connectivity index (χ2v) is 5.50. The van der Waals surface area contributed by atoms with Gasteiger partial charge in [-0.1, -0.05) is 64.0 Å². The van der Waals surface area contributed by atoms with Gasteiger partial charge < -0.3 is 15.4 Å². The van der Waals surface area contributed by atoms with Crippen LogP contribution in [0.15, 0.2) is 48.5 Å². The Morgan fingerprint density at radius 2 is 2.00 bits per heavy atom. The second-order valence-electron chi connectivity index (χ2n) is 4.25. The number of hydrogen-bond acceptors (Lipinski definition) is 2. The van der Waals surface area contributed by atoms with Gasteiger partial charge in [0.05, 0.1) is 0 Å². The summed E-state index contributed by atoms with van der Waals surface area (Å²) in [7, 11) is 0. The molecule has 0 saturated heterocycles. The molecular formula is C15H14IN2O2-. The van der Waals surface area contributed by atoms with Crippen LogP contribution in [0.2, 0.25) is 0 Å². The summed E-state index contributed by atoms with van der Waals surface area (Å²) in [6.07, 6.45) is -0.194. The molecule has 0 bridgehead atoms. The van der Waals surface area contributed by atoms with Gasteiger partial charge in [0, 0.05) is 5.84 Å². The van der Waals surface area contributed by atoms with Gasteiger partial charge in [-0.15, -0.1) is 12.1 Å². The quantitative estimate of drug-likeness (QED) is 0.205. The summed E-state index contributed by atoms with van der Waals surface area (Å²) in [5, 5.41) is 17.7. The smallest absolute Gasteiger partial charge is 0.249 e. The van der Waals surface area contributed by atoms with E-state index in [0.29, 0.717) is 11.1 Å². The summed E-state index contributed by atoms with van der Waals surface area (Å²) in [6.45, 7) is 1.95. The Morgan fingerprint density at radius 3 is 2.70 bits per heavy atom. The number of aryl methyl sites for hydroxylation is 1. The lowest BCUT2D eigenvalue weighted by Gasteiger charge is -2.19. The van der Waals surface area contributed by atoms with Crippen molar-refractivity contribution in [2.75, 3.05) is 0 Å². The van der Waals surface area contributed by atoms with Gasteiger partial charge in [0.1, 0.15) is 0 Å². The van der Waals surface area contributed by atoms with E-state index in [1.807, 2.05) is 37.3 Å². The molecule has 0 spiro atoms. The topological polar surface area (TPSA) is 71.0 Å². The van der Waals surface area contributed by atoms with Crippen LogP contribution in [0.1, 0.15) is 16.7 Å². The van der Waals surface area contributed by atoms with E-state index in [-0.39, 0.29) is 12.1 Å². The van der Waals surface area contributed by atoms with Crippen molar-refractivity contribution in [2.45, 2.75) is 6.92 Å². The summed E-state index contributed by atoms with van der Waals surface area (Å²) in [5.41, 5.74) is 6.06. The van der Waals surface area contributed by atoms with E-state index in [9.17, 15) is 5.11 Å². The highest BCUT2D eigenvalue weighted by Gasteiger charge is 2.06. The molecule has 0 aliphatic carbocycles. The van der Waals surface area contributed by atoms with Crippen LogP contribution in [-0.2, 0) is 0 Å². The number of rotatable bonds is 4. The van der Waals surface area contributed by atoms with Crippen molar-refractivity contribution in [1.29, 1.82) is 5.41 Å². The molecule has 0 aliphatic heterocycles. The van der Waals surface area contributed by atoms with Crippen LogP contribution in [0.4, 0.5) is 0 Å². The third kappa shape index (κ3) is 3.96. The van der Waals surface area contributed by atoms with Crippen molar-refractivity contribution in [2.24, 2.45) is 0 Å². The zero-order chi connectivity index (χ0) is 14.5. The van der Waals surface area contributed by atoms with Crippen LogP contribution >= 0.6 is 22.6 Å². The molecule has 2 rings (SSSR count). The van der Waals surface area contributed by atoms with Crippen LogP contribution < -0.4 is 0 Å². The highest BCUT2D eigenvalue weighted by molar-refractivity contribution is 14.1. The standard InChI is InChI=1S/C15H14IN2O2/c1-10-4-2-5-11(8-10)14(17)18-20-15(19)12-6-3-7-13(16)9-12/h2-9,19-20H,1H3,(H-,17,18)/q-1. The molecule has 0 saturated carbocycles. The third-order valence-electron chi connectivity index (χ3n) is 2.62. The first-order valence-corrected chi connectivity index (χ1v) is 7.03. The fourth-order valence-electron chi connectivity index (χ4n) is 1.63. The van der Waals surface area contributed by atoms with Crippen LogP contribution in [0.25, 0.3) is 5.48 Å². The first kappa shape index (κ1) is 14.8. The second kappa shape index (κ2) is 6.74. The molecular weight excluding hydrogens is 367 g/mol. The first-order chi connectivity index (χ1) is 9.56. The van der Waals surface area contributed by atoms with Gasteiger partial charge >= 0.3 is 0 Å². The van der Waals surface area contributed by atoms with Gasteiger partial charge in [-0.2, -0.15) is 11.5 Å². The minimum Gasteiger partial charge on any atom is -0.476 e. The van der Waals surface area contributed by atoms with E-state index in [4.69, 9.17) is 5.41 Å². The molecule has 0 unspecified atom stereocenters. The summed E-state index contributed by atoms with van der Waals surface area (Å²) in [4.78, 5) is 3.71. The van der Waals surface area contributed by atoms with Crippen molar-refractivity contribution in [3.8, 4) is 0 Å². The number of hydroxylamine groups is 1. The Bertz CT molecular complexity index is 616. The number of nitrogens with zero attached hydrogens (tertiary/aromatic N) is 1. The Morgan fingerprint density at radius 1 is 1.25 bits per heavy atom. The molecule has 2 aromatic rings.